The maximum atomic E-state index is 10.6. The highest BCUT2D eigenvalue weighted by atomic mass is 16.4. The first-order chi connectivity index (χ1) is 10.5. The number of rotatable bonds is 5. The Morgan fingerprint density at radius 3 is 2.30 bits per heavy atom. The van der Waals surface area contributed by atoms with Crippen molar-refractivity contribution in [3.63, 3.8) is 0 Å². The second-order valence-electron chi connectivity index (χ2n) is 7.52. The lowest BCUT2D eigenvalue weighted by molar-refractivity contribution is 0.0332. The van der Waals surface area contributed by atoms with Crippen molar-refractivity contribution >= 4 is 0 Å². The van der Waals surface area contributed by atoms with Gasteiger partial charge in [0, 0.05) is 24.3 Å². The quantitative estimate of drug-likeness (QED) is 0.888. The van der Waals surface area contributed by atoms with Gasteiger partial charge in [-0.15, -0.1) is 0 Å². The summed E-state index contributed by atoms with van der Waals surface area (Å²) < 4.78 is 7.60. The van der Waals surface area contributed by atoms with E-state index in [9.17, 15) is 5.11 Å². The van der Waals surface area contributed by atoms with E-state index >= 15 is 0 Å². The number of aliphatic hydroxyl groups is 1. The summed E-state index contributed by atoms with van der Waals surface area (Å²) in [5.74, 6) is 1.39. The van der Waals surface area contributed by atoms with Gasteiger partial charge in [0.15, 0.2) is 0 Å². The molecule has 2 aromatic heterocycles. The molecule has 23 heavy (non-hydrogen) atoms. The van der Waals surface area contributed by atoms with E-state index in [1.54, 1.807) is 6.92 Å². The van der Waals surface area contributed by atoms with Crippen LogP contribution in [0.25, 0.3) is 0 Å². The van der Waals surface area contributed by atoms with E-state index in [1.807, 2.05) is 26.0 Å². The number of nitrogens with one attached hydrogen (secondary N) is 1. The van der Waals surface area contributed by atoms with Crippen LogP contribution in [0.5, 0.6) is 0 Å². The zero-order valence-electron chi connectivity index (χ0n) is 15.3. The predicted octanol–water partition coefficient (Wildman–Crippen LogP) is 3.15. The van der Waals surface area contributed by atoms with E-state index in [1.165, 1.54) is 5.56 Å². The molecule has 0 saturated heterocycles. The first kappa shape index (κ1) is 17.8. The molecule has 0 fully saturated rings. The Labute approximate surface area is 138 Å². The van der Waals surface area contributed by atoms with Gasteiger partial charge in [0.05, 0.1) is 11.2 Å². The topological polar surface area (TPSA) is 63.2 Å². The molecular formula is C18H29N3O2. The van der Waals surface area contributed by atoms with Gasteiger partial charge < -0.3 is 14.8 Å². The summed E-state index contributed by atoms with van der Waals surface area (Å²) in [6, 6.07) is 3.69. The molecule has 0 bridgehead atoms. The highest BCUT2D eigenvalue weighted by Gasteiger charge is 2.27. The van der Waals surface area contributed by atoms with Gasteiger partial charge in [0.1, 0.15) is 17.1 Å². The molecule has 5 heteroatoms. The maximum absolute atomic E-state index is 10.6. The van der Waals surface area contributed by atoms with Gasteiger partial charge in [-0.05, 0) is 60.6 Å². The van der Waals surface area contributed by atoms with E-state index in [0.717, 1.165) is 17.1 Å². The van der Waals surface area contributed by atoms with Gasteiger partial charge in [-0.3, -0.25) is 4.68 Å². The SMILES string of the molecule is Cc1ccc(C(C)(O)CNCc2c(C)nn(C(C)(C)C)c2C)o1. The highest BCUT2D eigenvalue weighted by Crippen LogP contribution is 2.23. The molecule has 2 rings (SSSR count). The highest BCUT2D eigenvalue weighted by molar-refractivity contribution is 5.25. The van der Waals surface area contributed by atoms with Crippen molar-refractivity contribution in [1.29, 1.82) is 0 Å². The van der Waals surface area contributed by atoms with Crippen LogP contribution in [0, 0.1) is 20.8 Å². The standard InChI is InChI=1S/C18H29N3O2/c1-12-8-9-16(23-12)18(7,22)11-19-10-15-13(2)20-21(14(15)3)17(4,5)6/h8-9,19,22H,10-11H2,1-7H3. The van der Waals surface area contributed by atoms with Crippen LogP contribution >= 0.6 is 0 Å². The van der Waals surface area contributed by atoms with Crippen LogP contribution in [0.4, 0.5) is 0 Å². The lowest BCUT2D eigenvalue weighted by Gasteiger charge is -2.22. The van der Waals surface area contributed by atoms with Crippen molar-refractivity contribution in [1.82, 2.24) is 15.1 Å². The van der Waals surface area contributed by atoms with Crippen LogP contribution in [0.2, 0.25) is 0 Å². The Bertz CT molecular complexity index is 675. The fourth-order valence-corrected chi connectivity index (χ4v) is 2.83. The minimum atomic E-state index is -1.03. The summed E-state index contributed by atoms with van der Waals surface area (Å²) in [6.07, 6.45) is 0. The number of hydrogen-bond acceptors (Lipinski definition) is 4. The molecule has 5 nitrogen and oxygen atoms in total. The van der Waals surface area contributed by atoms with Crippen LogP contribution in [-0.4, -0.2) is 21.4 Å². The van der Waals surface area contributed by atoms with E-state index < -0.39 is 5.60 Å². The third-order valence-corrected chi connectivity index (χ3v) is 4.12. The van der Waals surface area contributed by atoms with Crippen molar-refractivity contribution < 1.29 is 9.52 Å². The molecule has 0 spiro atoms. The van der Waals surface area contributed by atoms with Crippen molar-refractivity contribution in [2.75, 3.05) is 6.54 Å². The number of nitrogens with zero attached hydrogens (tertiary/aromatic N) is 2. The van der Waals surface area contributed by atoms with Crippen molar-refractivity contribution in [2.45, 2.75) is 66.2 Å². The molecule has 0 aliphatic carbocycles. The minimum absolute atomic E-state index is 0.0374. The monoisotopic (exact) mass is 319 g/mol. The molecular weight excluding hydrogens is 290 g/mol. The Morgan fingerprint density at radius 2 is 1.83 bits per heavy atom. The fourth-order valence-electron chi connectivity index (χ4n) is 2.83. The molecule has 0 aromatic carbocycles. The minimum Gasteiger partial charge on any atom is -0.463 e. The third kappa shape index (κ3) is 3.85. The van der Waals surface area contributed by atoms with Gasteiger partial charge in [0.2, 0.25) is 0 Å². The predicted molar refractivity (Wildman–Crippen MR) is 91.4 cm³/mol. The summed E-state index contributed by atoms with van der Waals surface area (Å²) >= 11 is 0. The Balaban J connectivity index is 2.06. The van der Waals surface area contributed by atoms with Crippen LogP contribution in [0.15, 0.2) is 16.5 Å². The lowest BCUT2D eigenvalue weighted by atomic mass is 10.0. The van der Waals surface area contributed by atoms with E-state index in [0.29, 0.717) is 18.8 Å². The molecule has 128 valence electrons. The Hall–Kier alpha value is -1.59. The number of aryl methyl sites for hydroxylation is 2. The molecule has 2 N–H and O–H groups in total. The molecule has 0 aliphatic heterocycles. The normalized spacial score (nSPS) is 15.0. The molecule has 2 heterocycles. The molecule has 0 radical (unpaired) electrons. The molecule has 1 unspecified atom stereocenters. The van der Waals surface area contributed by atoms with E-state index in [2.05, 4.69) is 42.8 Å². The van der Waals surface area contributed by atoms with E-state index in [4.69, 9.17) is 4.42 Å². The summed E-state index contributed by atoms with van der Waals surface area (Å²) in [4.78, 5) is 0. The van der Waals surface area contributed by atoms with Crippen LogP contribution in [0.1, 0.15) is 56.2 Å². The molecule has 0 saturated carbocycles. The molecule has 0 aliphatic rings. The van der Waals surface area contributed by atoms with Gasteiger partial charge in [-0.25, -0.2) is 0 Å². The largest absolute Gasteiger partial charge is 0.463 e. The third-order valence-electron chi connectivity index (χ3n) is 4.12. The van der Waals surface area contributed by atoms with Crippen LogP contribution in [-0.2, 0) is 17.7 Å². The maximum Gasteiger partial charge on any atom is 0.136 e. The smallest absolute Gasteiger partial charge is 0.136 e. The second-order valence-corrected chi connectivity index (χ2v) is 7.52. The van der Waals surface area contributed by atoms with Crippen LogP contribution < -0.4 is 5.32 Å². The van der Waals surface area contributed by atoms with Crippen molar-refractivity contribution in [3.05, 3.63) is 40.6 Å². The lowest BCUT2D eigenvalue weighted by Crippen LogP contribution is -2.35. The summed E-state index contributed by atoms with van der Waals surface area (Å²) in [5, 5.41) is 18.6. The van der Waals surface area contributed by atoms with Crippen molar-refractivity contribution in [3.8, 4) is 0 Å². The Kier molecular flexibility index (Phi) is 4.74. The number of aromatic nitrogens is 2. The zero-order valence-corrected chi connectivity index (χ0v) is 15.3. The Morgan fingerprint density at radius 1 is 1.17 bits per heavy atom. The first-order valence-electron chi connectivity index (χ1n) is 8.08. The van der Waals surface area contributed by atoms with Gasteiger partial charge in [-0.2, -0.15) is 5.10 Å². The average molecular weight is 319 g/mol. The first-order valence-corrected chi connectivity index (χ1v) is 8.08. The number of hydrogen-bond donors (Lipinski definition) is 2. The second kappa shape index (κ2) is 6.13. The fraction of sp³-hybridized carbons (Fsp3) is 0.611. The number of furan rings is 1. The summed E-state index contributed by atoms with van der Waals surface area (Å²) in [7, 11) is 0. The zero-order chi connectivity index (χ0) is 17.4. The van der Waals surface area contributed by atoms with E-state index in [-0.39, 0.29) is 5.54 Å². The summed E-state index contributed by atoms with van der Waals surface area (Å²) in [6.45, 7) is 15.3. The molecule has 1 atom stereocenters. The van der Waals surface area contributed by atoms with Gasteiger partial charge in [0.25, 0.3) is 0 Å². The van der Waals surface area contributed by atoms with Crippen LogP contribution in [0.3, 0.4) is 0 Å². The average Bonchev–Trinajstić information content (AvgIpc) is 2.96. The van der Waals surface area contributed by atoms with Gasteiger partial charge in [-0.1, -0.05) is 0 Å². The molecule has 0 amide bonds. The van der Waals surface area contributed by atoms with Gasteiger partial charge >= 0.3 is 0 Å². The van der Waals surface area contributed by atoms with Crippen molar-refractivity contribution in [2.24, 2.45) is 0 Å². The summed E-state index contributed by atoms with van der Waals surface area (Å²) in [5.41, 5.74) is 2.31. The molecule has 2 aromatic rings.